The van der Waals surface area contributed by atoms with Crippen LogP contribution in [-0.2, 0) is 14.3 Å². The monoisotopic (exact) mass is 352 g/mol. The third-order valence-electron chi connectivity index (χ3n) is 8.25. The SMILES string of the molecule is C[C@@H]1[C@H](O)C[C@@]23COC(=O)[C@H]2CC[C@H](O)[C@H]3[C@@]1(C)CC[C@H]1CCOC1. The Bertz CT molecular complexity index is 530. The van der Waals surface area contributed by atoms with Gasteiger partial charge in [0.15, 0.2) is 0 Å². The molecule has 5 heteroatoms. The third-order valence-corrected chi connectivity index (χ3v) is 8.25. The summed E-state index contributed by atoms with van der Waals surface area (Å²) in [5, 5.41) is 21.9. The smallest absolute Gasteiger partial charge is 0.309 e. The minimum Gasteiger partial charge on any atom is -0.465 e. The summed E-state index contributed by atoms with van der Waals surface area (Å²) >= 11 is 0. The van der Waals surface area contributed by atoms with E-state index in [0.29, 0.717) is 31.8 Å². The predicted octanol–water partition coefficient (Wildman–Crippen LogP) is 2.14. The topological polar surface area (TPSA) is 76.0 Å². The Morgan fingerprint density at radius 1 is 1.20 bits per heavy atom. The van der Waals surface area contributed by atoms with Gasteiger partial charge in [-0.1, -0.05) is 13.8 Å². The third kappa shape index (κ3) is 2.57. The zero-order chi connectivity index (χ0) is 17.8. The van der Waals surface area contributed by atoms with Crippen LogP contribution in [-0.4, -0.2) is 48.2 Å². The summed E-state index contributed by atoms with van der Waals surface area (Å²) in [5.74, 6) is 0.430. The molecule has 0 aromatic carbocycles. The lowest BCUT2D eigenvalue weighted by Crippen LogP contribution is -2.63. The van der Waals surface area contributed by atoms with Crippen molar-refractivity contribution in [1.29, 1.82) is 0 Å². The fraction of sp³-hybridized carbons (Fsp3) is 0.950. The van der Waals surface area contributed by atoms with Gasteiger partial charge in [0, 0.05) is 24.5 Å². The molecule has 0 aromatic heterocycles. The first-order valence-electron chi connectivity index (χ1n) is 9.99. The van der Waals surface area contributed by atoms with Crippen molar-refractivity contribution in [3.63, 3.8) is 0 Å². The van der Waals surface area contributed by atoms with E-state index < -0.39 is 12.2 Å². The average Bonchev–Trinajstić information content (AvgIpc) is 3.19. The molecule has 5 nitrogen and oxygen atoms in total. The van der Waals surface area contributed by atoms with Crippen LogP contribution in [0.15, 0.2) is 0 Å². The first-order chi connectivity index (χ1) is 11.9. The number of carbonyl (C=O) groups is 1. The summed E-state index contributed by atoms with van der Waals surface area (Å²) in [7, 11) is 0. The fourth-order valence-corrected chi connectivity index (χ4v) is 6.66. The van der Waals surface area contributed by atoms with E-state index in [2.05, 4.69) is 13.8 Å². The number of rotatable bonds is 3. The number of aliphatic hydroxyl groups excluding tert-OH is 2. The summed E-state index contributed by atoms with van der Waals surface area (Å²) in [4.78, 5) is 12.3. The highest BCUT2D eigenvalue weighted by atomic mass is 16.5. The Balaban J connectivity index is 1.66. The molecule has 8 atom stereocenters. The van der Waals surface area contributed by atoms with Crippen LogP contribution in [0, 0.1) is 34.5 Å². The number of aliphatic hydroxyl groups is 2. The minimum absolute atomic E-state index is 0.0194. The molecule has 4 aliphatic rings. The lowest BCUT2D eigenvalue weighted by Gasteiger charge is -2.61. The van der Waals surface area contributed by atoms with Crippen LogP contribution in [0.3, 0.4) is 0 Å². The van der Waals surface area contributed by atoms with Crippen molar-refractivity contribution in [1.82, 2.24) is 0 Å². The van der Waals surface area contributed by atoms with Gasteiger partial charge in [0.25, 0.3) is 0 Å². The van der Waals surface area contributed by atoms with Gasteiger partial charge < -0.3 is 19.7 Å². The molecule has 2 N–H and O–H groups in total. The second-order valence-corrected chi connectivity index (χ2v) is 9.35. The number of hydrogen-bond donors (Lipinski definition) is 2. The first-order valence-corrected chi connectivity index (χ1v) is 9.99. The largest absolute Gasteiger partial charge is 0.465 e. The van der Waals surface area contributed by atoms with Crippen LogP contribution in [0.2, 0.25) is 0 Å². The summed E-state index contributed by atoms with van der Waals surface area (Å²) in [6.45, 7) is 6.40. The van der Waals surface area contributed by atoms with Gasteiger partial charge in [-0.25, -0.2) is 0 Å². The van der Waals surface area contributed by atoms with Gasteiger partial charge in [-0.2, -0.15) is 0 Å². The molecule has 2 saturated carbocycles. The van der Waals surface area contributed by atoms with Crippen molar-refractivity contribution in [2.45, 2.75) is 64.6 Å². The zero-order valence-electron chi connectivity index (χ0n) is 15.4. The van der Waals surface area contributed by atoms with Crippen LogP contribution in [0.1, 0.15) is 52.4 Å². The summed E-state index contributed by atoms with van der Waals surface area (Å²) < 4.78 is 11.0. The van der Waals surface area contributed by atoms with Gasteiger partial charge in [-0.05, 0) is 55.8 Å². The van der Waals surface area contributed by atoms with Gasteiger partial charge in [0.1, 0.15) is 0 Å². The molecule has 4 rings (SSSR count). The Hall–Kier alpha value is -0.650. The maximum Gasteiger partial charge on any atom is 0.309 e. The van der Waals surface area contributed by atoms with Crippen LogP contribution in [0.25, 0.3) is 0 Å². The van der Waals surface area contributed by atoms with E-state index >= 15 is 0 Å². The van der Waals surface area contributed by atoms with Crippen LogP contribution >= 0.6 is 0 Å². The Morgan fingerprint density at radius 2 is 2.00 bits per heavy atom. The molecule has 0 radical (unpaired) electrons. The molecule has 4 fully saturated rings. The number of cyclic esters (lactones) is 1. The van der Waals surface area contributed by atoms with Crippen LogP contribution in [0.4, 0.5) is 0 Å². The number of esters is 1. The zero-order valence-corrected chi connectivity index (χ0v) is 15.4. The highest BCUT2D eigenvalue weighted by Gasteiger charge is 2.67. The van der Waals surface area contributed by atoms with Crippen molar-refractivity contribution in [2.24, 2.45) is 34.5 Å². The van der Waals surface area contributed by atoms with Crippen molar-refractivity contribution < 1.29 is 24.5 Å². The maximum absolute atomic E-state index is 12.3. The van der Waals surface area contributed by atoms with Crippen molar-refractivity contribution in [3.05, 3.63) is 0 Å². The highest BCUT2D eigenvalue weighted by molar-refractivity contribution is 5.76. The van der Waals surface area contributed by atoms with E-state index in [1.807, 2.05) is 0 Å². The quantitative estimate of drug-likeness (QED) is 0.761. The van der Waals surface area contributed by atoms with Crippen molar-refractivity contribution in [2.75, 3.05) is 19.8 Å². The van der Waals surface area contributed by atoms with Crippen LogP contribution < -0.4 is 0 Å². The van der Waals surface area contributed by atoms with Crippen molar-refractivity contribution >= 4 is 5.97 Å². The second kappa shape index (κ2) is 6.21. The molecule has 0 bridgehead atoms. The van der Waals surface area contributed by atoms with E-state index in [-0.39, 0.29) is 34.6 Å². The minimum atomic E-state index is -0.441. The standard InChI is InChI=1S/C20H32O5/c1-12-16(22)9-20-11-25-18(23)14(20)3-4-15(21)17(20)19(12,2)7-5-13-6-8-24-10-13/h12-17,21-22H,3-11H2,1-2H3/t12-,13+,14-,15+,16-,17+,19+,20-/m1/s1. The fourth-order valence-electron chi connectivity index (χ4n) is 6.66. The van der Waals surface area contributed by atoms with E-state index in [1.54, 1.807) is 0 Å². The molecular weight excluding hydrogens is 320 g/mol. The lowest BCUT2D eigenvalue weighted by atomic mass is 9.43. The van der Waals surface area contributed by atoms with Crippen molar-refractivity contribution in [3.8, 4) is 0 Å². The molecule has 2 aliphatic carbocycles. The summed E-state index contributed by atoms with van der Waals surface area (Å²) in [6.07, 6.45) is 4.20. The summed E-state index contributed by atoms with van der Waals surface area (Å²) in [5.41, 5.74) is -0.575. The number of hydrogen-bond acceptors (Lipinski definition) is 5. The molecule has 0 aromatic rings. The molecule has 2 heterocycles. The average molecular weight is 352 g/mol. The first kappa shape index (κ1) is 17.7. The molecule has 1 spiro atoms. The number of carbonyl (C=O) groups excluding carboxylic acids is 1. The van der Waals surface area contributed by atoms with Gasteiger partial charge in [0.05, 0.1) is 24.7 Å². The molecule has 142 valence electrons. The van der Waals surface area contributed by atoms with E-state index in [0.717, 1.165) is 32.5 Å². The molecule has 25 heavy (non-hydrogen) atoms. The normalized spacial score (nSPS) is 52.6. The molecule has 2 saturated heterocycles. The maximum atomic E-state index is 12.3. The molecule has 0 unspecified atom stereocenters. The predicted molar refractivity (Wildman–Crippen MR) is 91.7 cm³/mol. The van der Waals surface area contributed by atoms with E-state index in [4.69, 9.17) is 9.47 Å². The highest BCUT2D eigenvalue weighted by Crippen LogP contribution is 2.65. The lowest BCUT2D eigenvalue weighted by molar-refractivity contribution is -0.198. The second-order valence-electron chi connectivity index (χ2n) is 9.35. The molecule has 2 aliphatic heterocycles. The molecular formula is C20H32O5. The Labute approximate surface area is 150 Å². The van der Waals surface area contributed by atoms with Gasteiger partial charge in [-0.3, -0.25) is 4.79 Å². The summed E-state index contributed by atoms with van der Waals surface area (Å²) in [6, 6.07) is 0. The van der Waals surface area contributed by atoms with E-state index in [9.17, 15) is 15.0 Å². The van der Waals surface area contributed by atoms with Gasteiger partial charge in [0.2, 0.25) is 0 Å². The van der Waals surface area contributed by atoms with Gasteiger partial charge in [-0.15, -0.1) is 0 Å². The Kier molecular flexibility index (Phi) is 4.41. The molecule has 0 amide bonds. The van der Waals surface area contributed by atoms with E-state index in [1.165, 1.54) is 0 Å². The van der Waals surface area contributed by atoms with Crippen LogP contribution in [0.5, 0.6) is 0 Å². The number of ether oxygens (including phenoxy) is 2. The van der Waals surface area contributed by atoms with Gasteiger partial charge >= 0.3 is 5.97 Å². The Morgan fingerprint density at radius 3 is 2.72 bits per heavy atom.